The van der Waals surface area contributed by atoms with Crippen LogP contribution in [0.5, 0.6) is 5.75 Å². The summed E-state index contributed by atoms with van der Waals surface area (Å²) in [7, 11) is 1.53. The molecule has 7 heteroatoms. The van der Waals surface area contributed by atoms with Crippen LogP contribution in [0.4, 0.5) is 18.9 Å². The lowest BCUT2D eigenvalue weighted by Gasteiger charge is -2.20. The van der Waals surface area contributed by atoms with Crippen LogP contribution in [0, 0.1) is 0 Å². The van der Waals surface area contributed by atoms with Gasteiger partial charge in [0.05, 0.1) is 18.5 Å². The van der Waals surface area contributed by atoms with Crippen molar-refractivity contribution < 1.29 is 17.9 Å². The van der Waals surface area contributed by atoms with Crippen molar-refractivity contribution in [2.75, 3.05) is 12.4 Å². The number of anilines is 1. The standard InChI is InChI=1S/C20H28F3N3O/c1-7-16-18(12(3)4)19(26(8-2)25-16)15-10-9-14(11-17(15)27-6)24-13(5)20(21,22)23/h9-13,24H,7-8H2,1-6H3/t13-/m1/s1. The molecule has 2 aromatic rings. The molecule has 0 spiro atoms. The molecule has 0 fully saturated rings. The van der Waals surface area contributed by atoms with Gasteiger partial charge in [0.15, 0.2) is 0 Å². The first-order valence-electron chi connectivity index (χ1n) is 9.25. The highest BCUT2D eigenvalue weighted by atomic mass is 19.4. The first-order chi connectivity index (χ1) is 12.6. The van der Waals surface area contributed by atoms with Crippen LogP contribution in [0.1, 0.15) is 51.8 Å². The first kappa shape index (κ1) is 21.1. The van der Waals surface area contributed by atoms with E-state index in [-0.39, 0.29) is 5.92 Å². The Morgan fingerprint density at radius 3 is 2.33 bits per heavy atom. The molecule has 1 atom stereocenters. The van der Waals surface area contributed by atoms with Crippen molar-refractivity contribution in [3.05, 3.63) is 29.5 Å². The lowest BCUT2D eigenvalue weighted by atomic mass is 9.95. The molecule has 0 saturated carbocycles. The van der Waals surface area contributed by atoms with Gasteiger partial charge in [0.1, 0.15) is 11.8 Å². The van der Waals surface area contributed by atoms with Gasteiger partial charge < -0.3 is 10.1 Å². The van der Waals surface area contributed by atoms with Crippen LogP contribution in [-0.2, 0) is 13.0 Å². The quantitative estimate of drug-likeness (QED) is 0.674. The van der Waals surface area contributed by atoms with E-state index >= 15 is 0 Å². The van der Waals surface area contributed by atoms with E-state index in [1.54, 1.807) is 18.2 Å². The van der Waals surface area contributed by atoms with E-state index in [0.29, 0.717) is 18.0 Å². The molecule has 1 N–H and O–H groups in total. The minimum Gasteiger partial charge on any atom is -0.496 e. The van der Waals surface area contributed by atoms with Crippen LogP contribution in [0.2, 0.25) is 0 Å². The molecule has 27 heavy (non-hydrogen) atoms. The van der Waals surface area contributed by atoms with Crippen molar-refractivity contribution in [1.29, 1.82) is 0 Å². The number of halogens is 3. The third-order valence-electron chi connectivity index (χ3n) is 4.61. The molecule has 0 saturated heterocycles. The largest absolute Gasteiger partial charge is 0.496 e. The van der Waals surface area contributed by atoms with E-state index in [4.69, 9.17) is 9.84 Å². The van der Waals surface area contributed by atoms with E-state index in [0.717, 1.165) is 35.9 Å². The number of methoxy groups -OCH3 is 1. The normalized spacial score (nSPS) is 13.1. The third kappa shape index (κ3) is 4.39. The molecule has 0 aliphatic rings. The maximum Gasteiger partial charge on any atom is 0.408 e. The number of aryl methyl sites for hydroxylation is 2. The van der Waals surface area contributed by atoms with Crippen molar-refractivity contribution in [2.45, 2.75) is 65.7 Å². The van der Waals surface area contributed by atoms with Gasteiger partial charge in [-0.2, -0.15) is 18.3 Å². The minimum absolute atomic E-state index is 0.267. The SMILES string of the molecule is CCc1nn(CC)c(-c2ccc(N[C@H](C)C(F)(F)F)cc2OC)c1C(C)C. The Labute approximate surface area is 158 Å². The van der Waals surface area contributed by atoms with Crippen LogP contribution >= 0.6 is 0 Å². The summed E-state index contributed by atoms with van der Waals surface area (Å²) >= 11 is 0. The predicted molar refractivity (Wildman–Crippen MR) is 102 cm³/mol. The summed E-state index contributed by atoms with van der Waals surface area (Å²) in [4.78, 5) is 0. The average molecular weight is 383 g/mol. The zero-order chi connectivity index (χ0) is 20.4. The molecular weight excluding hydrogens is 355 g/mol. The van der Waals surface area contributed by atoms with Crippen molar-refractivity contribution in [1.82, 2.24) is 9.78 Å². The van der Waals surface area contributed by atoms with Crippen LogP contribution < -0.4 is 10.1 Å². The van der Waals surface area contributed by atoms with Gasteiger partial charge in [0.25, 0.3) is 0 Å². The first-order valence-corrected chi connectivity index (χ1v) is 9.25. The molecule has 0 bridgehead atoms. The molecule has 0 aliphatic heterocycles. The van der Waals surface area contributed by atoms with Crippen LogP contribution in [0.15, 0.2) is 18.2 Å². The number of alkyl halides is 3. The maximum atomic E-state index is 12.8. The summed E-state index contributed by atoms with van der Waals surface area (Å²) in [6.07, 6.45) is -3.49. The summed E-state index contributed by atoms with van der Waals surface area (Å²) < 4.78 is 46.0. The fourth-order valence-corrected chi connectivity index (χ4v) is 3.21. The smallest absolute Gasteiger partial charge is 0.408 e. The van der Waals surface area contributed by atoms with E-state index in [2.05, 4.69) is 26.1 Å². The molecule has 150 valence electrons. The molecule has 1 aromatic heterocycles. The summed E-state index contributed by atoms with van der Waals surface area (Å²) in [6, 6.07) is 3.43. The third-order valence-corrected chi connectivity index (χ3v) is 4.61. The zero-order valence-electron chi connectivity index (χ0n) is 16.7. The Balaban J connectivity index is 2.55. The molecule has 0 radical (unpaired) electrons. The van der Waals surface area contributed by atoms with Gasteiger partial charge in [-0.15, -0.1) is 0 Å². The highest BCUT2D eigenvalue weighted by molar-refractivity contribution is 5.74. The Morgan fingerprint density at radius 2 is 1.85 bits per heavy atom. The summed E-state index contributed by atoms with van der Waals surface area (Å²) in [5.74, 6) is 0.788. The number of rotatable bonds is 7. The van der Waals surface area contributed by atoms with Gasteiger partial charge in [-0.3, -0.25) is 4.68 Å². The van der Waals surface area contributed by atoms with Crippen molar-refractivity contribution in [3.8, 4) is 17.0 Å². The fourth-order valence-electron chi connectivity index (χ4n) is 3.21. The number of nitrogens with zero attached hydrogens (tertiary/aromatic N) is 2. The van der Waals surface area contributed by atoms with Crippen LogP contribution in [-0.4, -0.2) is 29.1 Å². The molecule has 0 amide bonds. The predicted octanol–water partition coefficient (Wildman–Crippen LogP) is 5.63. The lowest BCUT2D eigenvalue weighted by Crippen LogP contribution is -2.33. The zero-order valence-corrected chi connectivity index (χ0v) is 16.7. The van der Waals surface area contributed by atoms with Gasteiger partial charge >= 0.3 is 6.18 Å². The molecule has 4 nitrogen and oxygen atoms in total. The number of aromatic nitrogens is 2. The second-order valence-electron chi connectivity index (χ2n) is 6.86. The molecule has 1 heterocycles. The summed E-state index contributed by atoms with van der Waals surface area (Å²) in [5, 5.41) is 7.21. The minimum atomic E-state index is -4.31. The highest BCUT2D eigenvalue weighted by Crippen LogP contribution is 2.39. The number of nitrogens with one attached hydrogen (secondary N) is 1. The van der Waals surface area contributed by atoms with Gasteiger partial charge in [-0.05, 0) is 38.3 Å². The molecule has 1 aromatic carbocycles. The number of benzene rings is 1. The second-order valence-corrected chi connectivity index (χ2v) is 6.86. The second kappa shape index (κ2) is 8.23. The Hall–Kier alpha value is -2.18. The Morgan fingerprint density at radius 1 is 1.19 bits per heavy atom. The maximum absolute atomic E-state index is 12.8. The molecule has 0 aliphatic carbocycles. The molecule has 0 unspecified atom stereocenters. The number of ether oxygens (including phenoxy) is 1. The van der Waals surface area contributed by atoms with Crippen LogP contribution in [0.25, 0.3) is 11.3 Å². The van der Waals surface area contributed by atoms with E-state index in [1.165, 1.54) is 7.11 Å². The Bertz CT molecular complexity index is 782. The fraction of sp³-hybridized carbons (Fsp3) is 0.550. The van der Waals surface area contributed by atoms with Crippen molar-refractivity contribution >= 4 is 5.69 Å². The van der Waals surface area contributed by atoms with E-state index < -0.39 is 12.2 Å². The topological polar surface area (TPSA) is 39.1 Å². The monoisotopic (exact) mass is 383 g/mol. The number of hydrogen-bond acceptors (Lipinski definition) is 3. The van der Waals surface area contributed by atoms with Gasteiger partial charge in [-0.1, -0.05) is 20.8 Å². The van der Waals surface area contributed by atoms with Crippen LogP contribution in [0.3, 0.4) is 0 Å². The summed E-state index contributed by atoms with van der Waals surface area (Å²) in [5.41, 5.74) is 4.36. The molecule has 2 rings (SSSR count). The average Bonchev–Trinajstić information content (AvgIpc) is 2.99. The molecular formula is C20H28F3N3O. The Kier molecular flexibility index (Phi) is 6.44. The number of hydrogen-bond donors (Lipinski definition) is 1. The van der Waals surface area contributed by atoms with Crippen molar-refractivity contribution in [3.63, 3.8) is 0 Å². The van der Waals surface area contributed by atoms with E-state index in [9.17, 15) is 13.2 Å². The highest BCUT2D eigenvalue weighted by Gasteiger charge is 2.36. The van der Waals surface area contributed by atoms with Gasteiger partial charge in [0.2, 0.25) is 0 Å². The summed E-state index contributed by atoms with van der Waals surface area (Å²) in [6.45, 7) is 10.1. The van der Waals surface area contributed by atoms with Gasteiger partial charge in [0, 0.05) is 29.4 Å². The van der Waals surface area contributed by atoms with Crippen molar-refractivity contribution in [2.24, 2.45) is 0 Å². The van der Waals surface area contributed by atoms with Gasteiger partial charge in [-0.25, -0.2) is 0 Å². The lowest BCUT2D eigenvalue weighted by molar-refractivity contribution is -0.138. The van der Waals surface area contributed by atoms with E-state index in [1.807, 2.05) is 11.6 Å².